The number of ether oxygens (including phenoxy) is 1. The van der Waals surface area contributed by atoms with Crippen LogP contribution in [0.15, 0.2) is 42.5 Å². The van der Waals surface area contributed by atoms with Gasteiger partial charge >= 0.3 is 0 Å². The molecule has 0 radical (unpaired) electrons. The lowest BCUT2D eigenvalue weighted by Crippen LogP contribution is -2.23. The molecule has 116 valence electrons. The summed E-state index contributed by atoms with van der Waals surface area (Å²) >= 11 is 0. The van der Waals surface area contributed by atoms with Gasteiger partial charge in [0.15, 0.2) is 0 Å². The van der Waals surface area contributed by atoms with E-state index in [1.807, 2.05) is 31.2 Å². The zero-order valence-electron chi connectivity index (χ0n) is 12.2. The van der Waals surface area contributed by atoms with Crippen LogP contribution >= 0.6 is 0 Å². The normalized spacial score (nSPS) is 10.3. The summed E-state index contributed by atoms with van der Waals surface area (Å²) in [5.74, 6) is -1.40. The summed E-state index contributed by atoms with van der Waals surface area (Å²) in [5.41, 5.74) is 0.684. The molecule has 0 aliphatic heterocycles. The fourth-order valence-corrected chi connectivity index (χ4v) is 1.87. The Balaban J connectivity index is 1.93. The van der Waals surface area contributed by atoms with Gasteiger partial charge in [0.2, 0.25) is 0 Å². The number of rotatable bonds is 6. The van der Waals surface area contributed by atoms with Crippen LogP contribution in [0.4, 0.5) is 8.78 Å². The number of benzene rings is 2. The van der Waals surface area contributed by atoms with Crippen LogP contribution in [-0.4, -0.2) is 12.5 Å². The minimum atomic E-state index is -0.874. The first kappa shape index (κ1) is 15.9. The van der Waals surface area contributed by atoms with Gasteiger partial charge in [-0.2, -0.15) is 0 Å². The van der Waals surface area contributed by atoms with Crippen molar-refractivity contribution in [1.29, 1.82) is 0 Å². The largest absolute Gasteiger partial charge is 0.494 e. The molecule has 0 fully saturated rings. The predicted octanol–water partition coefficient (Wildman–Crippen LogP) is 3.68. The molecule has 0 aromatic heterocycles. The standard InChI is InChI=1S/C17H17F2NO2/c1-2-9-22-14-6-3-12(4-7-14)11-20-17(21)15-8-5-13(18)10-16(15)19/h3-8,10H,2,9,11H2,1H3,(H,20,21). The van der Waals surface area contributed by atoms with Gasteiger partial charge in [-0.1, -0.05) is 19.1 Å². The molecule has 0 saturated carbocycles. The Morgan fingerprint density at radius 1 is 1.14 bits per heavy atom. The first-order valence-electron chi connectivity index (χ1n) is 7.05. The van der Waals surface area contributed by atoms with Crippen molar-refractivity contribution in [1.82, 2.24) is 5.32 Å². The maximum Gasteiger partial charge on any atom is 0.254 e. The second kappa shape index (κ2) is 7.54. The van der Waals surface area contributed by atoms with Crippen LogP contribution in [0, 0.1) is 11.6 Å². The maximum atomic E-state index is 13.5. The van der Waals surface area contributed by atoms with E-state index in [2.05, 4.69) is 5.32 Å². The van der Waals surface area contributed by atoms with E-state index in [0.717, 1.165) is 29.9 Å². The summed E-state index contributed by atoms with van der Waals surface area (Å²) in [6, 6.07) is 10.2. The average molecular weight is 305 g/mol. The minimum Gasteiger partial charge on any atom is -0.494 e. The highest BCUT2D eigenvalue weighted by atomic mass is 19.1. The zero-order valence-corrected chi connectivity index (χ0v) is 12.2. The van der Waals surface area contributed by atoms with Gasteiger partial charge in [0.1, 0.15) is 17.4 Å². The zero-order chi connectivity index (χ0) is 15.9. The SMILES string of the molecule is CCCOc1ccc(CNC(=O)c2ccc(F)cc2F)cc1. The van der Waals surface area contributed by atoms with Crippen molar-refractivity contribution in [2.75, 3.05) is 6.61 Å². The van der Waals surface area contributed by atoms with E-state index < -0.39 is 17.5 Å². The van der Waals surface area contributed by atoms with Gasteiger partial charge in [-0.05, 0) is 36.2 Å². The molecule has 0 heterocycles. The number of hydrogen-bond donors (Lipinski definition) is 1. The number of carbonyl (C=O) groups is 1. The lowest BCUT2D eigenvalue weighted by atomic mass is 10.1. The van der Waals surface area contributed by atoms with Gasteiger partial charge in [0.05, 0.1) is 12.2 Å². The molecule has 0 saturated heterocycles. The quantitative estimate of drug-likeness (QED) is 0.884. The van der Waals surface area contributed by atoms with Gasteiger partial charge in [-0.3, -0.25) is 4.79 Å². The third-order valence-electron chi connectivity index (χ3n) is 3.03. The topological polar surface area (TPSA) is 38.3 Å². The number of halogens is 2. The monoisotopic (exact) mass is 305 g/mol. The summed E-state index contributed by atoms with van der Waals surface area (Å²) in [5, 5.41) is 2.60. The lowest BCUT2D eigenvalue weighted by molar-refractivity contribution is 0.0947. The third-order valence-corrected chi connectivity index (χ3v) is 3.03. The molecule has 2 aromatic carbocycles. The molecule has 3 nitrogen and oxygen atoms in total. The van der Waals surface area contributed by atoms with Crippen molar-refractivity contribution in [3.63, 3.8) is 0 Å². The van der Waals surface area contributed by atoms with Gasteiger partial charge in [0, 0.05) is 12.6 Å². The Morgan fingerprint density at radius 3 is 2.50 bits per heavy atom. The van der Waals surface area contributed by atoms with Crippen molar-refractivity contribution in [2.45, 2.75) is 19.9 Å². The number of carbonyl (C=O) groups excluding carboxylic acids is 1. The molecule has 1 N–H and O–H groups in total. The van der Waals surface area contributed by atoms with Crippen molar-refractivity contribution >= 4 is 5.91 Å². The second-order valence-corrected chi connectivity index (χ2v) is 4.80. The van der Waals surface area contributed by atoms with Crippen molar-refractivity contribution in [2.24, 2.45) is 0 Å². The molecule has 1 amide bonds. The molecule has 0 unspecified atom stereocenters. The average Bonchev–Trinajstić information content (AvgIpc) is 2.51. The van der Waals surface area contributed by atoms with E-state index in [9.17, 15) is 13.6 Å². The molecule has 0 bridgehead atoms. The Bertz CT molecular complexity index is 642. The highest BCUT2D eigenvalue weighted by Crippen LogP contribution is 2.13. The maximum absolute atomic E-state index is 13.5. The predicted molar refractivity (Wildman–Crippen MR) is 79.8 cm³/mol. The minimum absolute atomic E-state index is 0.177. The van der Waals surface area contributed by atoms with Crippen molar-refractivity contribution in [3.05, 3.63) is 65.2 Å². The summed E-state index contributed by atoms with van der Waals surface area (Å²) in [7, 11) is 0. The Kier molecular flexibility index (Phi) is 5.47. The number of amides is 1. The Labute approximate surface area is 127 Å². The number of nitrogens with one attached hydrogen (secondary N) is 1. The smallest absolute Gasteiger partial charge is 0.254 e. The van der Waals surface area contributed by atoms with Crippen molar-refractivity contribution in [3.8, 4) is 5.75 Å². The van der Waals surface area contributed by atoms with Crippen LogP contribution in [0.25, 0.3) is 0 Å². The molecule has 2 rings (SSSR count). The summed E-state index contributed by atoms with van der Waals surface area (Å²) in [6.45, 7) is 2.93. The number of hydrogen-bond acceptors (Lipinski definition) is 2. The summed E-state index contributed by atoms with van der Waals surface area (Å²) in [4.78, 5) is 11.9. The fraction of sp³-hybridized carbons (Fsp3) is 0.235. The molecule has 5 heteroatoms. The molecule has 0 aliphatic carbocycles. The van der Waals surface area contributed by atoms with Gasteiger partial charge in [-0.25, -0.2) is 8.78 Å². The van der Waals surface area contributed by atoms with Gasteiger partial charge in [0.25, 0.3) is 5.91 Å². The lowest BCUT2D eigenvalue weighted by Gasteiger charge is -2.08. The summed E-state index contributed by atoms with van der Waals surface area (Å²) < 4.78 is 31.7. The Morgan fingerprint density at radius 2 is 1.86 bits per heavy atom. The Hall–Kier alpha value is -2.43. The highest BCUT2D eigenvalue weighted by molar-refractivity contribution is 5.94. The molecule has 0 atom stereocenters. The van der Waals surface area contributed by atoms with E-state index in [1.165, 1.54) is 0 Å². The summed E-state index contributed by atoms with van der Waals surface area (Å²) in [6.07, 6.45) is 0.932. The molecule has 0 spiro atoms. The molecule has 0 aliphatic rings. The van der Waals surface area contributed by atoms with Crippen molar-refractivity contribution < 1.29 is 18.3 Å². The van der Waals surface area contributed by atoms with Crippen LogP contribution in [0.1, 0.15) is 29.3 Å². The van der Waals surface area contributed by atoms with Gasteiger partial charge < -0.3 is 10.1 Å². The van der Waals surface area contributed by atoms with Crippen LogP contribution in [0.2, 0.25) is 0 Å². The van der Waals surface area contributed by atoms with E-state index in [1.54, 1.807) is 0 Å². The van der Waals surface area contributed by atoms with E-state index in [-0.39, 0.29) is 12.1 Å². The van der Waals surface area contributed by atoms with E-state index in [4.69, 9.17) is 4.74 Å². The molecular formula is C17H17F2NO2. The van der Waals surface area contributed by atoms with E-state index >= 15 is 0 Å². The molecule has 2 aromatic rings. The molecule has 22 heavy (non-hydrogen) atoms. The first-order chi connectivity index (χ1) is 10.6. The van der Waals surface area contributed by atoms with Crippen LogP contribution in [0.5, 0.6) is 5.75 Å². The van der Waals surface area contributed by atoms with Crippen LogP contribution < -0.4 is 10.1 Å². The third kappa shape index (κ3) is 4.28. The van der Waals surface area contributed by atoms with Crippen LogP contribution in [0.3, 0.4) is 0 Å². The van der Waals surface area contributed by atoms with Crippen LogP contribution in [-0.2, 0) is 6.54 Å². The first-order valence-corrected chi connectivity index (χ1v) is 7.05. The highest BCUT2D eigenvalue weighted by Gasteiger charge is 2.11. The van der Waals surface area contributed by atoms with Gasteiger partial charge in [-0.15, -0.1) is 0 Å². The molecular weight excluding hydrogens is 288 g/mol. The fourth-order valence-electron chi connectivity index (χ4n) is 1.87. The van der Waals surface area contributed by atoms with E-state index in [0.29, 0.717) is 12.7 Å². The second-order valence-electron chi connectivity index (χ2n) is 4.80.